The van der Waals surface area contributed by atoms with Crippen molar-refractivity contribution in [1.29, 1.82) is 0 Å². The van der Waals surface area contributed by atoms with E-state index in [1.807, 2.05) is 0 Å². The molecule has 0 aliphatic heterocycles. The molecule has 0 amide bonds. The van der Waals surface area contributed by atoms with Crippen LogP contribution in [0.15, 0.2) is 0 Å². The molecule has 0 rings (SSSR count). The molecule has 0 atom stereocenters. The summed E-state index contributed by atoms with van der Waals surface area (Å²) >= 11 is 0. The van der Waals surface area contributed by atoms with Crippen molar-refractivity contribution >= 4 is 24.0 Å². The summed E-state index contributed by atoms with van der Waals surface area (Å²) < 4.78 is 0. The third kappa shape index (κ3) is 9.41. The van der Waals surface area contributed by atoms with E-state index in [4.69, 9.17) is 10.5 Å². The van der Waals surface area contributed by atoms with E-state index in [2.05, 4.69) is 0 Å². The Kier molecular flexibility index (Phi) is 99.0. The van der Waals surface area contributed by atoms with Crippen LogP contribution in [0.25, 0.3) is 0 Å². The Labute approximate surface area is 64.9 Å². The van der Waals surface area contributed by atoms with Gasteiger partial charge in [-0.3, -0.25) is 10.5 Å². The van der Waals surface area contributed by atoms with Gasteiger partial charge >= 0.3 is 29.6 Å². The molecule has 0 bridgehead atoms. The van der Waals surface area contributed by atoms with Crippen LogP contribution in [-0.4, -0.2) is 10.5 Å². The summed E-state index contributed by atoms with van der Waals surface area (Å²) in [5.74, 6) is 0. The average Bonchev–Trinajstić information content (AvgIpc) is 1.00. The first-order chi connectivity index (χ1) is 1.00. The van der Waals surface area contributed by atoms with Gasteiger partial charge in [-0.1, -0.05) is 0 Å². The Bertz CT molecular complexity index is 9.61. The Morgan fingerprint density at radius 2 is 1.25 bits per heavy atom. The Morgan fingerprint density at radius 3 is 1.25 bits per heavy atom. The Morgan fingerprint density at radius 1 is 1.25 bits per heavy atom. The van der Waals surface area contributed by atoms with Crippen LogP contribution in [0.1, 0.15) is 1.43 Å². The van der Waals surface area contributed by atoms with Crippen LogP contribution in [0.4, 0.5) is 0 Å². The fourth-order valence-corrected chi connectivity index (χ4v) is 0. The average molecular weight is 186 g/mol. The van der Waals surface area contributed by atoms with Crippen molar-refractivity contribution in [2.24, 2.45) is 0 Å². The maximum absolute atomic E-state index is 6.00. The molecule has 2 N–H and O–H groups in total. The molecule has 0 aromatic heterocycles. The smallest absolute Gasteiger partial charge is 1.00 e. The molecule has 0 saturated heterocycles. The van der Waals surface area contributed by atoms with E-state index in [-0.39, 0.29) is 55.0 Å². The zero-order valence-corrected chi connectivity index (χ0v) is 6.63. The van der Waals surface area contributed by atoms with E-state index in [1.165, 1.54) is 0 Å². The number of rotatable bonds is 0. The topological polar surface area (TPSA) is 40.5 Å². The second kappa shape index (κ2) is 22.8. The minimum atomic E-state index is 0. The molecule has 4 heteroatoms. The molecule has 0 spiro atoms. The van der Waals surface area contributed by atoms with E-state index in [0.717, 1.165) is 0 Å². The summed E-state index contributed by atoms with van der Waals surface area (Å²) in [6.45, 7) is 0. The molecule has 0 aliphatic carbocycles. The summed E-state index contributed by atoms with van der Waals surface area (Å²) in [5.41, 5.74) is 0. The first-order valence-electron chi connectivity index (χ1n) is 0.200. The first-order valence-corrected chi connectivity index (χ1v) is 0.200. The molecule has 0 aromatic carbocycles. The van der Waals surface area contributed by atoms with E-state index in [0.29, 0.717) is 0 Å². The van der Waals surface area contributed by atoms with Gasteiger partial charge in [0.2, 0.25) is 0 Å². The first kappa shape index (κ1) is 17.4. The zero-order chi connectivity index (χ0) is 2.00. The summed E-state index contributed by atoms with van der Waals surface area (Å²) in [6, 6.07) is 0. The van der Waals surface area contributed by atoms with Gasteiger partial charge in [0, 0.05) is 0 Å². The molecule has 0 aromatic rings. The van der Waals surface area contributed by atoms with Gasteiger partial charge in [-0.25, -0.2) is 0 Å². The van der Waals surface area contributed by atoms with Gasteiger partial charge in [-0.2, -0.15) is 0 Å². The molecule has 24 valence electrons. The molecule has 2 nitrogen and oxygen atoms in total. The van der Waals surface area contributed by atoms with Crippen molar-refractivity contribution in [1.82, 2.24) is 0 Å². The maximum atomic E-state index is 6.00. The van der Waals surface area contributed by atoms with Gasteiger partial charge in [-0.05, 0) is 0 Å². The van der Waals surface area contributed by atoms with Gasteiger partial charge in [0.25, 0.3) is 0 Å². The van der Waals surface area contributed by atoms with E-state index < -0.39 is 0 Å². The van der Waals surface area contributed by atoms with Crippen LogP contribution < -0.4 is 29.6 Å². The van der Waals surface area contributed by atoms with Gasteiger partial charge < -0.3 is 1.43 Å². The Hall–Kier alpha value is 1.65. The number of hydrogen-bond donors (Lipinski definition) is 2. The molecule has 0 fully saturated rings. The molecule has 0 radical (unpaired) electrons. The molecule has 0 unspecified atom stereocenters. The van der Waals surface area contributed by atoms with Crippen molar-refractivity contribution in [3.63, 3.8) is 0 Å². The zero-order valence-electron chi connectivity index (χ0n) is 3.30. The SMILES string of the molecule is I.OO.[H-].[Na+]. The van der Waals surface area contributed by atoms with E-state index in [9.17, 15) is 0 Å². The normalized spacial score (nSPS) is 1.50. The van der Waals surface area contributed by atoms with Crippen LogP contribution >= 0.6 is 24.0 Å². The van der Waals surface area contributed by atoms with Crippen LogP contribution in [-0.2, 0) is 0 Å². The van der Waals surface area contributed by atoms with Gasteiger partial charge in [-0.15, -0.1) is 24.0 Å². The predicted molar refractivity (Wildman–Crippen MR) is 21.8 cm³/mol. The van der Waals surface area contributed by atoms with Gasteiger partial charge in [0.15, 0.2) is 0 Å². The van der Waals surface area contributed by atoms with Gasteiger partial charge in [0.05, 0.1) is 0 Å². The monoisotopic (exact) mass is 186 g/mol. The van der Waals surface area contributed by atoms with Crippen molar-refractivity contribution in [2.75, 3.05) is 0 Å². The minimum Gasteiger partial charge on any atom is -1.00 e. The molecule has 4 heavy (non-hydrogen) atoms. The molecule has 0 saturated carbocycles. The summed E-state index contributed by atoms with van der Waals surface area (Å²) in [5, 5.41) is 12.0. The molecule has 0 heterocycles. The third-order valence-electron chi connectivity index (χ3n) is 0. The van der Waals surface area contributed by atoms with Crippen molar-refractivity contribution < 1.29 is 41.5 Å². The number of halogens is 1. The molecular formula is H4INaO2. The third-order valence-corrected chi connectivity index (χ3v) is 0. The van der Waals surface area contributed by atoms with Crippen LogP contribution in [0.3, 0.4) is 0 Å². The second-order valence-electron chi connectivity index (χ2n) is 0. The van der Waals surface area contributed by atoms with Crippen molar-refractivity contribution in [2.45, 2.75) is 0 Å². The maximum Gasteiger partial charge on any atom is 1.00 e. The predicted octanol–water partition coefficient (Wildman–Crippen LogP) is -2.25. The largest absolute Gasteiger partial charge is 1.00 e. The quantitative estimate of drug-likeness (QED) is 0.194. The number of hydrogen-bond acceptors (Lipinski definition) is 2. The molecular weight excluding hydrogens is 182 g/mol. The van der Waals surface area contributed by atoms with E-state index >= 15 is 0 Å². The van der Waals surface area contributed by atoms with Crippen molar-refractivity contribution in [3.8, 4) is 0 Å². The minimum absolute atomic E-state index is 0. The second-order valence-corrected chi connectivity index (χ2v) is 0. The standard InChI is InChI=1S/HI.Na.H2O2.H/c;;1-2;/h1H;;1-2H;/q;+1;;-1. The van der Waals surface area contributed by atoms with Crippen LogP contribution in [0.2, 0.25) is 0 Å². The summed E-state index contributed by atoms with van der Waals surface area (Å²) in [6.07, 6.45) is 0. The fourth-order valence-electron chi connectivity index (χ4n) is 0. The molecule has 0 aliphatic rings. The van der Waals surface area contributed by atoms with E-state index in [1.54, 1.807) is 0 Å². The fraction of sp³-hybridized carbons (Fsp3) is 0. The van der Waals surface area contributed by atoms with Gasteiger partial charge in [0.1, 0.15) is 0 Å². The van der Waals surface area contributed by atoms with Crippen LogP contribution in [0, 0.1) is 0 Å². The summed E-state index contributed by atoms with van der Waals surface area (Å²) in [7, 11) is 0. The van der Waals surface area contributed by atoms with Crippen molar-refractivity contribution in [3.05, 3.63) is 0 Å². The van der Waals surface area contributed by atoms with Crippen LogP contribution in [0.5, 0.6) is 0 Å². The summed E-state index contributed by atoms with van der Waals surface area (Å²) in [4.78, 5) is 0. The Balaban J connectivity index is -0.00000000167.